The first-order chi connectivity index (χ1) is 11.0. The van der Waals surface area contributed by atoms with Gasteiger partial charge < -0.3 is 0 Å². The second kappa shape index (κ2) is 6.26. The Morgan fingerprint density at radius 1 is 0.696 bits per heavy atom. The number of aryl methyl sites for hydroxylation is 1. The van der Waals surface area contributed by atoms with Gasteiger partial charge in [-0.05, 0) is 42.3 Å². The molecule has 0 unspecified atom stereocenters. The first-order valence-electron chi connectivity index (χ1n) is 7.29. The van der Waals surface area contributed by atoms with Gasteiger partial charge in [0.05, 0.1) is 4.90 Å². The highest BCUT2D eigenvalue weighted by molar-refractivity contribution is 7.92. The Balaban J connectivity index is 1.85. The molecule has 0 fully saturated rings. The van der Waals surface area contributed by atoms with E-state index in [2.05, 4.69) is 4.72 Å². The molecule has 0 bridgehead atoms. The van der Waals surface area contributed by atoms with E-state index in [0.717, 1.165) is 11.1 Å². The molecule has 0 saturated carbocycles. The van der Waals surface area contributed by atoms with Crippen LogP contribution < -0.4 is 4.72 Å². The average molecular weight is 323 g/mol. The highest BCUT2D eigenvalue weighted by atomic mass is 32.2. The fourth-order valence-corrected chi connectivity index (χ4v) is 3.35. The molecule has 23 heavy (non-hydrogen) atoms. The fourth-order valence-electron chi connectivity index (χ4n) is 2.29. The molecule has 4 heteroatoms. The summed E-state index contributed by atoms with van der Waals surface area (Å²) >= 11 is 0. The lowest BCUT2D eigenvalue weighted by Crippen LogP contribution is -2.12. The normalized spacial score (nSPS) is 11.2. The summed E-state index contributed by atoms with van der Waals surface area (Å²) in [7, 11) is -3.57. The van der Waals surface area contributed by atoms with Crippen LogP contribution >= 0.6 is 0 Å². The van der Waals surface area contributed by atoms with Gasteiger partial charge in [0.15, 0.2) is 0 Å². The number of nitrogens with one attached hydrogen (secondary N) is 1. The molecule has 3 nitrogen and oxygen atoms in total. The van der Waals surface area contributed by atoms with Gasteiger partial charge in [0.1, 0.15) is 0 Å². The standard InChI is InChI=1S/C19H17NO2S/c1-15-7-9-16(10-8-15)17-11-13-19(14-12-17)23(21,22)20-18-5-3-2-4-6-18/h2-14,20H,1H3. The minimum Gasteiger partial charge on any atom is -0.280 e. The van der Waals surface area contributed by atoms with Crippen molar-refractivity contribution in [2.24, 2.45) is 0 Å². The van der Waals surface area contributed by atoms with Crippen LogP contribution in [0.1, 0.15) is 5.56 Å². The molecular formula is C19H17NO2S. The Bertz CT molecular complexity index is 884. The van der Waals surface area contributed by atoms with Gasteiger partial charge in [-0.1, -0.05) is 60.2 Å². The third-order valence-corrected chi connectivity index (χ3v) is 4.97. The number of benzene rings is 3. The lowest BCUT2D eigenvalue weighted by Gasteiger charge is -2.09. The van der Waals surface area contributed by atoms with Crippen LogP contribution in [0.3, 0.4) is 0 Å². The highest BCUT2D eigenvalue weighted by Gasteiger charge is 2.13. The van der Waals surface area contributed by atoms with Gasteiger partial charge in [0.2, 0.25) is 0 Å². The maximum atomic E-state index is 12.4. The maximum Gasteiger partial charge on any atom is 0.261 e. The van der Waals surface area contributed by atoms with Crippen molar-refractivity contribution in [1.29, 1.82) is 0 Å². The quantitative estimate of drug-likeness (QED) is 0.770. The summed E-state index contributed by atoms with van der Waals surface area (Å²) in [4.78, 5) is 0.247. The summed E-state index contributed by atoms with van der Waals surface area (Å²) < 4.78 is 27.3. The molecule has 0 heterocycles. The molecule has 0 aliphatic heterocycles. The third-order valence-electron chi connectivity index (χ3n) is 3.58. The van der Waals surface area contributed by atoms with E-state index in [0.29, 0.717) is 5.69 Å². The van der Waals surface area contributed by atoms with Crippen LogP contribution in [-0.2, 0) is 10.0 Å². The largest absolute Gasteiger partial charge is 0.280 e. The van der Waals surface area contributed by atoms with Gasteiger partial charge in [0, 0.05) is 5.69 Å². The van der Waals surface area contributed by atoms with Crippen molar-refractivity contribution in [3.05, 3.63) is 84.4 Å². The fraction of sp³-hybridized carbons (Fsp3) is 0.0526. The highest BCUT2D eigenvalue weighted by Crippen LogP contribution is 2.23. The summed E-state index contributed by atoms with van der Waals surface area (Å²) in [6.07, 6.45) is 0. The van der Waals surface area contributed by atoms with E-state index in [9.17, 15) is 8.42 Å². The van der Waals surface area contributed by atoms with E-state index in [1.807, 2.05) is 49.4 Å². The van der Waals surface area contributed by atoms with Crippen LogP contribution in [0, 0.1) is 6.92 Å². The predicted molar refractivity (Wildman–Crippen MR) is 93.9 cm³/mol. The minimum atomic E-state index is -3.57. The van der Waals surface area contributed by atoms with Gasteiger partial charge in [-0.3, -0.25) is 4.72 Å². The number of para-hydroxylation sites is 1. The molecule has 1 N–H and O–H groups in total. The molecule has 116 valence electrons. The summed E-state index contributed by atoms with van der Waals surface area (Å²) in [5, 5.41) is 0. The number of hydrogen-bond acceptors (Lipinski definition) is 2. The molecule has 0 saturated heterocycles. The number of rotatable bonds is 4. The number of hydrogen-bond donors (Lipinski definition) is 1. The lowest BCUT2D eigenvalue weighted by molar-refractivity contribution is 0.601. The molecule has 0 aromatic heterocycles. The number of sulfonamides is 1. The Labute approximate surface area is 136 Å². The zero-order chi connectivity index (χ0) is 16.3. The average Bonchev–Trinajstić information content (AvgIpc) is 2.56. The molecule has 0 aliphatic rings. The Morgan fingerprint density at radius 3 is 1.78 bits per heavy atom. The van der Waals surface area contributed by atoms with Crippen molar-refractivity contribution in [3.8, 4) is 11.1 Å². The second-order valence-corrected chi connectivity index (χ2v) is 7.04. The Morgan fingerprint density at radius 2 is 1.22 bits per heavy atom. The van der Waals surface area contributed by atoms with Crippen LogP contribution in [-0.4, -0.2) is 8.42 Å². The van der Waals surface area contributed by atoms with E-state index in [1.54, 1.807) is 36.4 Å². The van der Waals surface area contributed by atoms with E-state index < -0.39 is 10.0 Å². The molecule has 0 spiro atoms. The van der Waals surface area contributed by atoms with Crippen molar-refractivity contribution in [2.45, 2.75) is 11.8 Å². The van der Waals surface area contributed by atoms with Crippen molar-refractivity contribution < 1.29 is 8.42 Å². The smallest absolute Gasteiger partial charge is 0.261 e. The molecule has 3 aromatic rings. The van der Waals surface area contributed by atoms with Crippen LogP contribution in [0.25, 0.3) is 11.1 Å². The minimum absolute atomic E-state index is 0.247. The van der Waals surface area contributed by atoms with Crippen molar-refractivity contribution in [1.82, 2.24) is 0 Å². The zero-order valence-corrected chi connectivity index (χ0v) is 13.5. The summed E-state index contributed by atoms with van der Waals surface area (Å²) in [6.45, 7) is 2.04. The molecule has 0 radical (unpaired) electrons. The van der Waals surface area contributed by atoms with Crippen LogP contribution in [0.5, 0.6) is 0 Å². The second-order valence-electron chi connectivity index (χ2n) is 5.36. The lowest BCUT2D eigenvalue weighted by atomic mass is 10.0. The molecule has 3 aromatic carbocycles. The van der Waals surface area contributed by atoms with Gasteiger partial charge in [-0.15, -0.1) is 0 Å². The van der Waals surface area contributed by atoms with Gasteiger partial charge in [0.25, 0.3) is 10.0 Å². The van der Waals surface area contributed by atoms with Crippen molar-refractivity contribution >= 4 is 15.7 Å². The van der Waals surface area contributed by atoms with E-state index in [-0.39, 0.29) is 4.90 Å². The molecule has 0 aliphatic carbocycles. The Hall–Kier alpha value is -2.59. The van der Waals surface area contributed by atoms with E-state index in [1.165, 1.54) is 5.56 Å². The van der Waals surface area contributed by atoms with Crippen molar-refractivity contribution in [2.75, 3.05) is 4.72 Å². The van der Waals surface area contributed by atoms with Gasteiger partial charge in [-0.2, -0.15) is 0 Å². The van der Waals surface area contributed by atoms with E-state index in [4.69, 9.17) is 0 Å². The SMILES string of the molecule is Cc1ccc(-c2ccc(S(=O)(=O)Nc3ccccc3)cc2)cc1. The van der Waals surface area contributed by atoms with Crippen LogP contribution in [0.4, 0.5) is 5.69 Å². The van der Waals surface area contributed by atoms with Crippen molar-refractivity contribution in [3.63, 3.8) is 0 Å². The number of anilines is 1. The molecule has 0 amide bonds. The topological polar surface area (TPSA) is 46.2 Å². The van der Waals surface area contributed by atoms with Gasteiger partial charge >= 0.3 is 0 Å². The molecular weight excluding hydrogens is 306 g/mol. The van der Waals surface area contributed by atoms with Crippen LogP contribution in [0.2, 0.25) is 0 Å². The molecule has 0 atom stereocenters. The maximum absolute atomic E-state index is 12.4. The first-order valence-corrected chi connectivity index (χ1v) is 8.78. The predicted octanol–water partition coefficient (Wildman–Crippen LogP) is 4.46. The summed E-state index contributed by atoms with van der Waals surface area (Å²) in [6, 6.07) is 23.9. The Kier molecular flexibility index (Phi) is 4.17. The third kappa shape index (κ3) is 3.60. The van der Waals surface area contributed by atoms with Gasteiger partial charge in [-0.25, -0.2) is 8.42 Å². The monoisotopic (exact) mass is 323 g/mol. The van der Waals surface area contributed by atoms with Crippen LogP contribution in [0.15, 0.2) is 83.8 Å². The molecule has 3 rings (SSSR count). The van der Waals surface area contributed by atoms with E-state index >= 15 is 0 Å². The zero-order valence-electron chi connectivity index (χ0n) is 12.7. The first kappa shape index (κ1) is 15.3. The summed E-state index contributed by atoms with van der Waals surface area (Å²) in [5.41, 5.74) is 3.80. The summed E-state index contributed by atoms with van der Waals surface area (Å²) in [5.74, 6) is 0.